The summed E-state index contributed by atoms with van der Waals surface area (Å²) in [4.78, 5) is 5.10. The van der Waals surface area contributed by atoms with Crippen molar-refractivity contribution in [2.24, 2.45) is 0 Å². The van der Waals surface area contributed by atoms with Crippen LogP contribution >= 0.6 is 0 Å². The fourth-order valence-electron chi connectivity index (χ4n) is 4.99. The number of benzene rings is 3. The van der Waals surface area contributed by atoms with Crippen molar-refractivity contribution in [3.05, 3.63) is 88.6 Å². The predicted octanol–water partition coefficient (Wildman–Crippen LogP) is 9.07. The molecule has 0 bridgehead atoms. The minimum absolute atomic E-state index is 0.157. The summed E-state index contributed by atoms with van der Waals surface area (Å²) in [7, 11) is 0. The van der Waals surface area contributed by atoms with Crippen LogP contribution in [0.1, 0.15) is 88.2 Å². The Bertz CT molecular complexity index is 1370. The van der Waals surface area contributed by atoms with E-state index in [4.69, 9.17) is 4.98 Å². The van der Waals surface area contributed by atoms with Crippen LogP contribution in [0.2, 0.25) is 0 Å². The fourth-order valence-corrected chi connectivity index (χ4v) is 4.99. The summed E-state index contributed by atoms with van der Waals surface area (Å²) in [6.07, 6.45) is 0. The molecule has 3 nitrogen and oxygen atoms in total. The molecule has 3 heteroatoms. The molecular weight excluding hydrogens is 440 g/mol. The molecule has 0 saturated carbocycles. The molecule has 1 aromatic heterocycles. The Morgan fingerprint density at radius 2 is 1.47 bits per heavy atom. The summed E-state index contributed by atoms with van der Waals surface area (Å²) in [5.41, 5.74) is 9.53. The number of nitrogens with one attached hydrogen (secondary N) is 1. The Balaban J connectivity index is 1.78. The lowest BCUT2D eigenvalue weighted by Crippen LogP contribution is -2.12. The summed E-state index contributed by atoms with van der Waals surface area (Å²) < 4.78 is 0. The molecule has 0 radical (unpaired) electrons. The molecule has 0 aliphatic rings. The molecular formula is C33H40N2O. The molecule has 1 heterocycles. The largest absolute Gasteiger partial charge is 0.507 e. The first-order valence-corrected chi connectivity index (χ1v) is 13.1. The minimum atomic E-state index is -0.157. The van der Waals surface area contributed by atoms with E-state index < -0.39 is 0 Å². The maximum absolute atomic E-state index is 11.3. The Hall–Kier alpha value is -3.33. The van der Waals surface area contributed by atoms with Gasteiger partial charge in [-0.25, -0.2) is 0 Å². The summed E-state index contributed by atoms with van der Waals surface area (Å²) in [6.45, 7) is 18.1. The average molecular weight is 481 g/mol. The normalized spacial score (nSPS) is 12.1. The van der Waals surface area contributed by atoms with Crippen LogP contribution < -0.4 is 5.32 Å². The Morgan fingerprint density at radius 1 is 0.833 bits per heavy atom. The number of fused-ring (bicyclic) bond motifs is 1. The molecule has 0 aliphatic heterocycles. The maximum Gasteiger partial charge on any atom is 0.127 e. The van der Waals surface area contributed by atoms with Crippen LogP contribution in [0.5, 0.6) is 5.75 Å². The number of phenols is 1. The van der Waals surface area contributed by atoms with E-state index in [0.29, 0.717) is 24.1 Å². The van der Waals surface area contributed by atoms with Gasteiger partial charge in [-0.05, 0) is 53.0 Å². The highest BCUT2D eigenvalue weighted by Crippen LogP contribution is 2.41. The number of aromatic nitrogens is 1. The van der Waals surface area contributed by atoms with Crippen molar-refractivity contribution >= 4 is 16.6 Å². The lowest BCUT2D eigenvalue weighted by Gasteiger charge is -2.23. The molecule has 0 aliphatic carbocycles. The number of nitrogens with zero attached hydrogens (tertiary/aromatic N) is 1. The third-order valence-corrected chi connectivity index (χ3v) is 6.95. The molecule has 36 heavy (non-hydrogen) atoms. The van der Waals surface area contributed by atoms with Crippen LogP contribution in [0, 0.1) is 6.92 Å². The zero-order valence-electron chi connectivity index (χ0n) is 23.0. The molecule has 3 aromatic carbocycles. The third kappa shape index (κ3) is 5.11. The van der Waals surface area contributed by atoms with E-state index in [1.807, 2.05) is 6.07 Å². The van der Waals surface area contributed by atoms with E-state index >= 15 is 0 Å². The Labute approximate surface area is 216 Å². The van der Waals surface area contributed by atoms with Gasteiger partial charge in [0.2, 0.25) is 0 Å². The standard InChI is InChI=1S/C33H40N2O/c1-20(2)25-12-10-13-26(21(3)4)31(25)34-19-24-16-15-23-11-9-14-27(30(23)35-24)28-17-22(5)18-29(32(28)36)33(6,7)8/h9-18,20-21,34,36H,19H2,1-8H3. The van der Waals surface area contributed by atoms with Gasteiger partial charge < -0.3 is 10.4 Å². The second kappa shape index (κ2) is 9.97. The van der Waals surface area contributed by atoms with Gasteiger partial charge in [-0.3, -0.25) is 4.98 Å². The number of para-hydroxylation sites is 2. The van der Waals surface area contributed by atoms with Crippen molar-refractivity contribution in [3.8, 4) is 16.9 Å². The second-order valence-corrected chi connectivity index (χ2v) is 11.6. The van der Waals surface area contributed by atoms with Crippen LogP contribution in [-0.2, 0) is 12.0 Å². The van der Waals surface area contributed by atoms with Crippen molar-refractivity contribution in [2.45, 2.75) is 79.2 Å². The van der Waals surface area contributed by atoms with E-state index in [0.717, 1.165) is 38.9 Å². The first-order chi connectivity index (χ1) is 17.0. The van der Waals surface area contributed by atoms with Crippen LogP contribution in [0.25, 0.3) is 22.0 Å². The number of aryl methyl sites for hydroxylation is 1. The molecule has 0 spiro atoms. The number of hydrogen-bond donors (Lipinski definition) is 2. The monoisotopic (exact) mass is 480 g/mol. The number of hydrogen-bond acceptors (Lipinski definition) is 3. The van der Waals surface area contributed by atoms with Gasteiger partial charge >= 0.3 is 0 Å². The fraction of sp³-hybridized carbons (Fsp3) is 0.364. The molecule has 0 saturated heterocycles. The van der Waals surface area contributed by atoms with Crippen LogP contribution in [0.3, 0.4) is 0 Å². The van der Waals surface area contributed by atoms with Crippen LogP contribution in [0.15, 0.2) is 60.7 Å². The second-order valence-electron chi connectivity index (χ2n) is 11.6. The van der Waals surface area contributed by atoms with Crippen molar-refractivity contribution in [3.63, 3.8) is 0 Å². The number of anilines is 1. The van der Waals surface area contributed by atoms with Crippen LogP contribution in [-0.4, -0.2) is 10.1 Å². The van der Waals surface area contributed by atoms with Crippen LogP contribution in [0.4, 0.5) is 5.69 Å². The molecule has 4 rings (SSSR count). The van der Waals surface area contributed by atoms with E-state index in [9.17, 15) is 5.11 Å². The SMILES string of the molecule is Cc1cc(-c2cccc3ccc(CNc4c(C(C)C)cccc4C(C)C)nc23)c(O)c(C(C)(C)C)c1. The van der Waals surface area contributed by atoms with E-state index in [1.54, 1.807) is 0 Å². The molecule has 188 valence electrons. The zero-order valence-corrected chi connectivity index (χ0v) is 23.0. The van der Waals surface area contributed by atoms with Crippen molar-refractivity contribution in [1.82, 2.24) is 4.98 Å². The number of pyridine rings is 1. The molecule has 0 unspecified atom stereocenters. The number of phenolic OH excluding ortho intramolecular Hbond substituents is 1. The molecule has 4 aromatic rings. The van der Waals surface area contributed by atoms with Gasteiger partial charge in [0, 0.05) is 27.8 Å². The average Bonchev–Trinajstić information content (AvgIpc) is 2.82. The topological polar surface area (TPSA) is 45.2 Å². The van der Waals surface area contributed by atoms with E-state index in [2.05, 4.69) is 115 Å². The lowest BCUT2D eigenvalue weighted by molar-refractivity contribution is 0.448. The number of rotatable bonds is 6. The predicted molar refractivity (Wildman–Crippen MR) is 154 cm³/mol. The molecule has 0 fully saturated rings. The Morgan fingerprint density at radius 3 is 2.08 bits per heavy atom. The first-order valence-electron chi connectivity index (χ1n) is 13.1. The lowest BCUT2D eigenvalue weighted by atomic mass is 9.83. The van der Waals surface area contributed by atoms with E-state index in [-0.39, 0.29) is 5.41 Å². The summed E-state index contributed by atoms with van der Waals surface area (Å²) in [5, 5.41) is 16.1. The molecule has 0 atom stereocenters. The highest BCUT2D eigenvalue weighted by molar-refractivity contribution is 5.95. The van der Waals surface area contributed by atoms with Gasteiger partial charge in [0.1, 0.15) is 5.75 Å². The van der Waals surface area contributed by atoms with Gasteiger partial charge in [0.15, 0.2) is 0 Å². The molecule has 2 N–H and O–H groups in total. The summed E-state index contributed by atoms with van der Waals surface area (Å²) in [5.74, 6) is 1.21. The van der Waals surface area contributed by atoms with Gasteiger partial charge in [0.05, 0.1) is 17.8 Å². The molecule has 0 amide bonds. The smallest absolute Gasteiger partial charge is 0.127 e. The summed E-state index contributed by atoms with van der Waals surface area (Å²) >= 11 is 0. The van der Waals surface area contributed by atoms with Crippen molar-refractivity contribution < 1.29 is 5.11 Å². The highest BCUT2D eigenvalue weighted by atomic mass is 16.3. The quantitative estimate of drug-likeness (QED) is 0.289. The van der Waals surface area contributed by atoms with Gasteiger partial charge in [0.25, 0.3) is 0 Å². The highest BCUT2D eigenvalue weighted by Gasteiger charge is 2.22. The van der Waals surface area contributed by atoms with Crippen molar-refractivity contribution in [1.29, 1.82) is 0 Å². The minimum Gasteiger partial charge on any atom is -0.507 e. The third-order valence-electron chi connectivity index (χ3n) is 6.95. The zero-order chi connectivity index (χ0) is 26.2. The van der Waals surface area contributed by atoms with Gasteiger partial charge in [-0.1, -0.05) is 97.0 Å². The van der Waals surface area contributed by atoms with Crippen molar-refractivity contribution in [2.75, 3.05) is 5.32 Å². The van der Waals surface area contributed by atoms with Gasteiger partial charge in [-0.2, -0.15) is 0 Å². The summed E-state index contributed by atoms with van der Waals surface area (Å²) in [6, 6.07) is 21.2. The first kappa shape index (κ1) is 25.8. The Kier molecular flexibility index (Phi) is 7.13. The van der Waals surface area contributed by atoms with E-state index in [1.165, 1.54) is 16.8 Å². The maximum atomic E-state index is 11.3. The number of aromatic hydroxyl groups is 1. The van der Waals surface area contributed by atoms with Gasteiger partial charge in [-0.15, -0.1) is 0 Å².